The highest BCUT2D eigenvalue weighted by Gasteiger charge is 2.28. The van der Waals surface area contributed by atoms with E-state index in [1.807, 2.05) is 0 Å². The van der Waals surface area contributed by atoms with Crippen LogP contribution in [0.4, 0.5) is 4.39 Å². The second kappa shape index (κ2) is 5.93. The van der Waals surface area contributed by atoms with Crippen LogP contribution in [0.3, 0.4) is 0 Å². The van der Waals surface area contributed by atoms with Crippen molar-refractivity contribution in [1.29, 1.82) is 0 Å². The van der Waals surface area contributed by atoms with Crippen molar-refractivity contribution in [3.05, 3.63) is 35.6 Å². The Bertz CT molecular complexity index is 423. The minimum atomic E-state index is -0.289. The SMILES string of the molecule is NCCC1COCC(=O)N1Cc1ccccc1F. The molecule has 0 aromatic heterocycles. The van der Waals surface area contributed by atoms with Gasteiger partial charge in [-0.25, -0.2) is 4.39 Å². The molecule has 2 N–H and O–H groups in total. The molecule has 5 heteroatoms. The zero-order valence-electron chi connectivity index (χ0n) is 10.1. The lowest BCUT2D eigenvalue weighted by molar-refractivity contribution is -0.149. The molecule has 1 aliphatic rings. The van der Waals surface area contributed by atoms with E-state index in [0.29, 0.717) is 25.1 Å². The summed E-state index contributed by atoms with van der Waals surface area (Å²) in [7, 11) is 0. The summed E-state index contributed by atoms with van der Waals surface area (Å²) in [5, 5.41) is 0. The average Bonchev–Trinajstić information content (AvgIpc) is 2.36. The summed E-state index contributed by atoms with van der Waals surface area (Å²) in [5.41, 5.74) is 6.05. The minimum absolute atomic E-state index is 0.0594. The van der Waals surface area contributed by atoms with Crippen LogP contribution >= 0.6 is 0 Å². The summed E-state index contributed by atoms with van der Waals surface area (Å²) in [5.74, 6) is -0.397. The van der Waals surface area contributed by atoms with Crippen molar-refractivity contribution < 1.29 is 13.9 Å². The molecule has 1 aromatic carbocycles. The third kappa shape index (κ3) is 2.86. The van der Waals surface area contributed by atoms with Crippen LogP contribution in [0, 0.1) is 5.82 Å². The van der Waals surface area contributed by atoms with Gasteiger partial charge in [-0.05, 0) is 19.0 Å². The molecule has 1 atom stereocenters. The van der Waals surface area contributed by atoms with E-state index in [9.17, 15) is 9.18 Å². The standard InChI is InChI=1S/C13H17FN2O2/c14-12-4-2-1-3-10(12)7-16-11(5-6-15)8-18-9-13(16)17/h1-4,11H,5-9,15H2. The lowest BCUT2D eigenvalue weighted by Gasteiger charge is -2.35. The Kier molecular flexibility index (Phi) is 4.28. The molecule has 0 bridgehead atoms. The molecule has 0 saturated carbocycles. The normalized spacial score (nSPS) is 20.2. The molecule has 1 aliphatic heterocycles. The fourth-order valence-electron chi connectivity index (χ4n) is 2.12. The second-order valence-corrected chi connectivity index (χ2v) is 4.36. The highest BCUT2D eigenvalue weighted by atomic mass is 19.1. The van der Waals surface area contributed by atoms with Gasteiger partial charge in [0.15, 0.2) is 0 Å². The predicted octanol–water partition coefficient (Wildman–Crippen LogP) is 0.902. The zero-order valence-corrected chi connectivity index (χ0v) is 10.1. The summed E-state index contributed by atoms with van der Waals surface area (Å²) in [6, 6.07) is 6.44. The molecule has 18 heavy (non-hydrogen) atoms. The van der Waals surface area contributed by atoms with E-state index in [1.54, 1.807) is 23.1 Å². The second-order valence-electron chi connectivity index (χ2n) is 4.36. The van der Waals surface area contributed by atoms with E-state index in [-0.39, 0.29) is 30.9 Å². The quantitative estimate of drug-likeness (QED) is 0.866. The van der Waals surface area contributed by atoms with Crippen LogP contribution in [0.15, 0.2) is 24.3 Å². The molecule has 4 nitrogen and oxygen atoms in total. The average molecular weight is 252 g/mol. The molecule has 1 saturated heterocycles. The van der Waals surface area contributed by atoms with Crippen molar-refractivity contribution in [2.45, 2.75) is 19.0 Å². The number of benzene rings is 1. The summed E-state index contributed by atoms with van der Waals surface area (Å²) >= 11 is 0. The van der Waals surface area contributed by atoms with Gasteiger partial charge in [0.25, 0.3) is 0 Å². The topological polar surface area (TPSA) is 55.6 Å². The number of morpholine rings is 1. The summed E-state index contributed by atoms with van der Waals surface area (Å²) in [4.78, 5) is 13.5. The maximum absolute atomic E-state index is 13.6. The van der Waals surface area contributed by atoms with Gasteiger partial charge >= 0.3 is 0 Å². The van der Waals surface area contributed by atoms with E-state index >= 15 is 0 Å². The van der Waals surface area contributed by atoms with Crippen LogP contribution in [0.5, 0.6) is 0 Å². The van der Waals surface area contributed by atoms with Crippen LogP contribution in [-0.4, -0.2) is 36.6 Å². The molecular weight excluding hydrogens is 235 g/mol. The Morgan fingerprint density at radius 3 is 2.94 bits per heavy atom. The summed E-state index contributed by atoms with van der Waals surface area (Å²) in [6.45, 7) is 1.29. The van der Waals surface area contributed by atoms with Crippen molar-refractivity contribution >= 4 is 5.91 Å². The fourth-order valence-corrected chi connectivity index (χ4v) is 2.12. The van der Waals surface area contributed by atoms with Crippen LogP contribution in [0.25, 0.3) is 0 Å². The number of nitrogens with two attached hydrogens (primary N) is 1. The maximum Gasteiger partial charge on any atom is 0.249 e. The van der Waals surface area contributed by atoms with Gasteiger partial charge in [-0.3, -0.25) is 4.79 Å². The highest BCUT2D eigenvalue weighted by molar-refractivity contribution is 5.78. The number of ether oxygens (including phenoxy) is 1. The number of hydrogen-bond donors (Lipinski definition) is 1. The Balaban J connectivity index is 2.13. The van der Waals surface area contributed by atoms with E-state index in [2.05, 4.69) is 0 Å². The number of carbonyl (C=O) groups is 1. The van der Waals surface area contributed by atoms with Gasteiger partial charge in [0.05, 0.1) is 12.6 Å². The van der Waals surface area contributed by atoms with Gasteiger partial charge in [-0.2, -0.15) is 0 Å². The lowest BCUT2D eigenvalue weighted by Crippen LogP contribution is -2.49. The molecule has 98 valence electrons. The maximum atomic E-state index is 13.6. The lowest BCUT2D eigenvalue weighted by atomic mass is 10.1. The van der Waals surface area contributed by atoms with Gasteiger partial charge in [-0.15, -0.1) is 0 Å². The fraction of sp³-hybridized carbons (Fsp3) is 0.462. The third-order valence-corrected chi connectivity index (χ3v) is 3.10. The third-order valence-electron chi connectivity index (χ3n) is 3.10. The molecule has 1 aromatic rings. The van der Waals surface area contributed by atoms with Crippen molar-refractivity contribution in [1.82, 2.24) is 4.90 Å². The predicted molar refractivity (Wildman–Crippen MR) is 65.2 cm³/mol. The van der Waals surface area contributed by atoms with Crippen LogP contribution < -0.4 is 5.73 Å². The first kappa shape index (κ1) is 13.0. The Hall–Kier alpha value is -1.46. The number of amides is 1. The largest absolute Gasteiger partial charge is 0.369 e. The molecule has 0 aliphatic carbocycles. The van der Waals surface area contributed by atoms with Crippen molar-refractivity contribution in [2.75, 3.05) is 19.8 Å². The molecule has 1 heterocycles. The smallest absolute Gasteiger partial charge is 0.249 e. The Morgan fingerprint density at radius 2 is 2.22 bits per heavy atom. The van der Waals surface area contributed by atoms with Gasteiger partial charge in [-0.1, -0.05) is 18.2 Å². The van der Waals surface area contributed by atoms with Gasteiger partial charge in [0.1, 0.15) is 12.4 Å². The van der Waals surface area contributed by atoms with Crippen LogP contribution in [-0.2, 0) is 16.1 Å². The Labute approximate surface area is 106 Å². The van der Waals surface area contributed by atoms with Crippen LogP contribution in [0.1, 0.15) is 12.0 Å². The zero-order chi connectivity index (χ0) is 13.0. The number of rotatable bonds is 4. The first-order valence-corrected chi connectivity index (χ1v) is 6.03. The number of halogens is 1. The van der Waals surface area contributed by atoms with E-state index in [1.165, 1.54) is 6.07 Å². The first-order valence-electron chi connectivity index (χ1n) is 6.03. The first-order chi connectivity index (χ1) is 8.72. The molecule has 2 rings (SSSR count). The van der Waals surface area contributed by atoms with Crippen molar-refractivity contribution in [3.63, 3.8) is 0 Å². The molecule has 1 unspecified atom stereocenters. The van der Waals surface area contributed by atoms with E-state index < -0.39 is 0 Å². The highest BCUT2D eigenvalue weighted by Crippen LogP contribution is 2.17. The molecule has 1 amide bonds. The monoisotopic (exact) mass is 252 g/mol. The van der Waals surface area contributed by atoms with Gasteiger partial charge in [0.2, 0.25) is 5.91 Å². The van der Waals surface area contributed by atoms with Crippen LogP contribution in [0.2, 0.25) is 0 Å². The number of nitrogens with zero attached hydrogens (tertiary/aromatic N) is 1. The number of hydrogen-bond acceptors (Lipinski definition) is 3. The van der Waals surface area contributed by atoms with E-state index in [0.717, 1.165) is 0 Å². The van der Waals surface area contributed by atoms with Gasteiger partial charge < -0.3 is 15.4 Å². The van der Waals surface area contributed by atoms with E-state index in [4.69, 9.17) is 10.5 Å². The van der Waals surface area contributed by atoms with Gasteiger partial charge in [0, 0.05) is 12.1 Å². The molecule has 0 spiro atoms. The Morgan fingerprint density at radius 1 is 1.44 bits per heavy atom. The summed E-state index contributed by atoms with van der Waals surface area (Å²) < 4.78 is 18.8. The molecular formula is C13H17FN2O2. The summed E-state index contributed by atoms with van der Waals surface area (Å²) in [6.07, 6.45) is 0.667. The number of carbonyl (C=O) groups excluding carboxylic acids is 1. The van der Waals surface area contributed by atoms with Crippen molar-refractivity contribution in [3.8, 4) is 0 Å². The minimum Gasteiger partial charge on any atom is -0.369 e. The molecule has 1 fully saturated rings. The molecule has 0 radical (unpaired) electrons. The van der Waals surface area contributed by atoms with Crippen molar-refractivity contribution in [2.24, 2.45) is 5.73 Å².